The summed E-state index contributed by atoms with van der Waals surface area (Å²) in [5.41, 5.74) is 0.958. The first kappa shape index (κ1) is 20.3. The van der Waals surface area contributed by atoms with Crippen molar-refractivity contribution in [2.45, 2.75) is 63.3 Å². The molecule has 3 heterocycles. The van der Waals surface area contributed by atoms with Crippen molar-refractivity contribution in [2.75, 3.05) is 13.2 Å². The highest BCUT2D eigenvalue weighted by Crippen LogP contribution is 2.35. The summed E-state index contributed by atoms with van der Waals surface area (Å²) in [6, 6.07) is 10.6. The molecule has 3 aromatic rings. The second-order valence-electron chi connectivity index (χ2n) is 8.52. The van der Waals surface area contributed by atoms with E-state index in [2.05, 4.69) is 20.4 Å². The van der Waals surface area contributed by atoms with Crippen molar-refractivity contribution in [1.82, 2.24) is 25.1 Å². The first-order chi connectivity index (χ1) is 15.3. The number of rotatable bonds is 8. The molecule has 0 radical (unpaired) electrons. The molecule has 0 unspecified atom stereocenters. The van der Waals surface area contributed by atoms with Crippen LogP contribution in [-0.2, 0) is 11.3 Å². The molecule has 1 saturated heterocycles. The van der Waals surface area contributed by atoms with E-state index >= 15 is 0 Å². The predicted molar refractivity (Wildman–Crippen MR) is 112 cm³/mol. The lowest BCUT2D eigenvalue weighted by Gasteiger charge is -2.33. The van der Waals surface area contributed by atoms with Crippen LogP contribution in [0.2, 0.25) is 0 Å². The largest absolute Gasteiger partial charge is 0.468 e. The van der Waals surface area contributed by atoms with Gasteiger partial charge in [-0.1, -0.05) is 25.0 Å². The average Bonchev–Trinajstić information content (AvgIpc) is 3.57. The van der Waals surface area contributed by atoms with E-state index in [-0.39, 0.29) is 18.0 Å². The summed E-state index contributed by atoms with van der Waals surface area (Å²) in [7, 11) is 0. The van der Waals surface area contributed by atoms with Crippen LogP contribution < -0.4 is 0 Å². The molecule has 1 aromatic carbocycles. The van der Waals surface area contributed by atoms with Crippen LogP contribution in [0.5, 0.6) is 0 Å². The Balaban J connectivity index is 1.55. The zero-order chi connectivity index (χ0) is 21.0. The van der Waals surface area contributed by atoms with E-state index < -0.39 is 0 Å². The number of hydrogen-bond donors (Lipinski definition) is 0. The number of halogens is 1. The van der Waals surface area contributed by atoms with Gasteiger partial charge in [0.2, 0.25) is 0 Å². The van der Waals surface area contributed by atoms with E-state index in [0.29, 0.717) is 12.6 Å². The molecule has 2 atom stereocenters. The Bertz CT molecular complexity index is 947. The second-order valence-corrected chi connectivity index (χ2v) is 8.52. The highest BCUT2D eigenvalue weighted by atomic mass is 19.1. The topological polar surface area (TPSA) is 69.2 Å². The van der Waals surface area contributed by atoms with Crippen LogP contribution >= 0.6 is 0 Å². The molecule has 2 fully saturated rings. The van der Waals surface area contributed by atoms with Gasteiger partial charge in [0.15, 0.2) is 5.82 Å². The number of furan rings is 1. The van der Waals surface area contributed by atoms with Crippen LogP contribution in [0.1, 0.15) is 67.8 Å². The molecule has 8 heteroatoms. The smallest absolute Gasteiger partial charge is 0.173 e. The van der Waals surface area contributed by atoms with E-state index in [1.807, 2.05) is 28.9 Å². The summed E-state index contributed by atoms with van der Waals surface area (Å²) in [6.07, 6.45) is 8.48. The van der Waals surface area contributed by atoms with Crippen molar-refractivity contribution < 1.29 is 13.5 Å². The van der Waals surface area contributed by atoms with Crippen LogP contribution in [-0.4, -0.2) is 44.4 Å². The van der Waals surface area contributed by atoms with Crippen molar-refractivity contribution in [3.05, 3.63) is 65.6 Å². The number of nitrogens with zero attached hydrogens (tertiary/aromatic N) is 5. The van der Waals surface area contributed by atoms with Gasteiger partial charge < -0.3 is 9.15 Å². The molecule has 0 N–H and O–H groups in total. The van der Waals surface area contributed by atoms with Crippen LogP contribution in [0.3, 0.4) is 0 Å². The summed E-state index contributed by atoms with van der Waals surface area (Å²) in [5, 5.41) is 12.9. The van der Waals surface area contributed by atoms with Gasteiger partial charge in [-0.3, -0.25) is 4.90 Å². The molecule has 1 aliphatic carbocycles. The molecule has 1 saturated carbocycles. The lowest BCUT2D eigenvalue weighted by molar-refractivity contribution is 0.0543. The number of benzene rings is 1. The van der Waals surface area contributed by atoms with Gasteiger partial charge in [0.25, 0.3) is 0 Å². The van der Waals surface area contributed by atoms with Gasteiger partial charge in [-0.05, 0) is 65.9 Å². The van der Waals surface area contributed by atoms with Gasteiger partial charge in [0, 0.05) is 13.2 Å². The zero-order valence-corrected chi connectivity index (χ0v) is 17.6. The Morgan fingerprint density at radius 2 is 1.94 bits per heavy atom. The quantitative estimate of drug-likeness (QED) is 0.536. The fourth-order valence-electron chi connectivity index (χ4n) is 4.87. The third-order valence-electron chi connectivity index (χ3n) is 6.39. The maximum Gasteiger partial charge on any atom is 0.173 e. The minimum Gasteiger partial charge on any atom is -0.468 e. The number of aromatic nitrogens is 4. The van der Waals surface area contributed by atoms with Crippen LogP contribution in [0.25, 0.3) is 0 Å². The fourth-order valence-corrected chi connectivity index (χ4v) is 4.87. The van der Waals surface area contributed by atoms with Crippen molar-refractivity contribution in [1.29, 1.82) is 0 Å². The van der Waals surface area contributed by atoms with Gasteiger partial charge in [0.1, 0.15) is 11.6 Å². The Morgan fingerprint density at radius 1 is 1.10 bits per heavy atom. The fraction of sp³-hybridized carbons (Fsp3) is 0.522. The van der Waals surface area contributed by atoms with Crippen molar-refractivity contribution in [3.8, 4) is 0 Å². The van der Waals surface area contributed by atoms with E-state index in [0.717, 1.165) is 56.0 Å². The molecule has 31 heavy (non-hydrogen) atoms. The summed E-state index contributed by atoms with van der Waals surface area (Å²) >= 11 is 0. The predicted octanol–water partition coefficient (Wildman–Crippen LogP) is 4.29. The molecule has 2 aliphatic rings. The van der Waals surface area contributed by atoms with E-state index in [9.17, 15) is 4.39 Å². The van der Waals surface area contributed by atoms with Crippen LogP contribution in [0, 0.1) is 5.82 Å². The van der Waals surface area contributed by atoms with E-state index in [1.165, 1.54) is 25.0 Å². The molecule has 0 amide bonds. The molecule has 164 valence electrons. The third kappa shape index (κ3) is 4.55. The Labute approximate surface area is 181 Å². The summed E-state index contributed by atoms with van der Waals surface area (Å²) in [4.78, 5) is 2.30. The maximum atomic E-state index is 13.8. The summed E-state index contributed by atoms with van der Waals surface area (Å²) < 4.78 is 27.4. The normalized spacial score (nSPS) is 20.6. The SMILES string of the molecule is Fc1ccc([C@@H](c2nnnn2C2CCCC2)N(Cc2ccco2)C[C@H]2CCCO2)cc1. The van der Waals surface area contributed by atoms with E-state index in [4.69, 9.17) is 9.15 Å². The van der Waals surface area contributed by atoms with Crippen LogP contribution in [0.15, 0.2) is 47.1 Å². The van der Waals surface area contributed by atoms with E-state index in [1.54, 1.807) is 6.26 Å². The Morgan fingerprint density at radius 3 is 2.65 bits per heavy atom. The monoisotopic (exact) mass is 425 g/mol. The molecular formula is C23H28FN5O2. The summed E-state index contributed by atoms with van der Waals surface area (Å²) in [5.74, 6) is 1.41. The highest BCUT2D eigenvalue weighted by Gasteiger charge is 2.33. The molecule has 0 spiro atoms. The standard InChI is InChI=1S/C23H28FN5O2/c24-18-11-9-17(10-12-18)22(23-25-26-27-29(23)19-5-1-2-6-19)28(15-20-7-3-13-30-20)16-21-8-4-14-31-21/h3,7,9-13,19,21-22H,1-2,4-6,8,14-16H2/t21-,22+/m1/s1. The first-order valence-electron chi connectivity index (χ1n) is 11.2. The molecular weight excluding hydrogens is 397 g/mol. The van der Waals surface area contributed by atoms with Gasteiger partial charge in [-0.15, -0.1) is 5.10 Å². The lowest BCUT2D eigenvalue weighted by atomic mass is 10.0. The molecule has 7 nitrogen and oxygen atoms in total. The number of hydrogen-bond acceptors (Lipinski definition) is 6. The molecule has 1 aliphatic heterocycles. The Kier molecular flexibility index (Phi) is 6.08. The molecule has 2 aromatic heterocycles. The minimum absolute atomic E-state index is 0.147. The molecule has 0 bridgehead atoms. The zero-order valence-electron chi connectivity index (χ0n) is 17.6. The van der Waals surface area contributed by atoms with Gasteiger partial charge in [0.05, 0.1) is 31.0 Å². The first-order valence-corrected chi connectivity index (χ1v) is 11.2. The van der Waals surface area contributed by atoms with Crippen molar-refractivity contribution in [3.63, 3.8) is 0 Å². The third-order valence-corrected chi connectivity index (χ3v) is 6.39. The van der Waals surface area contributed by atoms with Gasteiger partial charge in [-0.25, -0.2) is 9.07 Å². The van der Waals surface area contributed by atoms with Crippen LogP contribution in [0.4, 0.5) is 4.39 Å². The summed E-state index contributed by atoms with van der Waals surface area (Å²) in [6.45, 7) is 2.10. The highest BCUT2D eigenvalue weighted by molar-refractivity contribution is 5.26. The minimum atomic E-state index is -0.255. The second kappa shape index (κ2) is 9.28. The van der Waals surface area contributed by atoms with Gasteiger partial charge >= 0.3 is 0 Å². The average molecular weight is 426 g/mol. The van der Waals surface area contributed by atoms with Crippen molar-refractivity contribution in [2.24, 2.45) is 0 Å². The Hall–Kier alpha value is -2.58. The van der Waals surface area contributed by atoms with Crippen molar-refractivity contribution >= 4 is 0 Å². The maximum absolute atomic E-state index is 13.8. The number of ether oxygens (including phenoxy) is 1. The number of tetrazole rings is 1. The molecule has 5 rings (SSSR count). The van der Waals surface area contributed by atoms with Gasteiger partial charge in [-0.2, -0.15) is 0 Å². The lowest BCUT2D eigenvalue weighted by Crippen LogP contribution is -2.37.